The van der Waals surface area contributed by atoms with Crippen LogP contribution in [0.5, 0.6) is 0 Å². The molecule has 61 heavy (non-hydrogen) atoms. The van der Waals surface area contributed by atoms with E-state index >= 15 is 0 Å². The third-order valence-corrected chi connectivity index (χ3v) is 10.7. The summed E-state index contributed by atoms with van der Waals surface area (Å²) in [6, 6.07) is 35.1. The van der Waals surface area contributed by atoms with Crippen LogP contribution in [0.1, 0.15) is 34.2 Å². The Hall–Kier alpha value is -6.96. The number of hydrogen-bond acceptors (Lipinski definition) is 8. The topological polar surface area (TPSA) is 211 Å². The minimum absolute atomic E-state index is 0.0326. The minimum atomic E-state index is -2.30. The van der Waals surface area contributed by atoms with Crippen LogP contribution in [0.4, 0.5) is 5.69 Å². The summed E-state index contributed by atoms with van der Waals surface area (Å²) in [6.45, 7) is 1.88. The smallest absolute Gasteiger partial charge is 0.307 e. The first kappa shape index (κ1) is 43.6. The summed E-state index contributed by atoms with van der Waals surface area (Å²) in [5.41, 5.74) is 5.49. The van der Waals surface area contributed by atoms with Crippen molar-refractivity contribution in [3.63, 3.8) is 0 Å². The van der Waals surface area contributed by atoms with E-state index in [1.165, 1.54) is 12.1 Å². The van der Waals surface area contributed by atoms with Crippen molar-refractivity contribution in [3.8, 4) is 11.1 Å². The lowest BCUT2D eigenvalue weighted by Crippen LogP contribution is -2.59. The number of Topliss-reactive ketones (excluding diaryl/α,β-unsaturated/α-hetero) is 1. The van der Waals surface area contributed by atoms with Gasteiger partial charge in [-0.1, -0.05) is 127 Å². The van der Waals surface area contributed by atoms with Gasteiger partial charge in [0.2, 0.25) is 11.8 Å². The van der Waals surface area contributed by atoms with E-state index in [0.717, 1.165) is 16.7 Å². The number of amides is 4. The van der Waals surface area contributed by atoms with E-state index in [2.05, 4.69) is 21.3 Å². The monoisotopic (exact) mass is 824 g/mol. The van der Waals surface area contributed by atoms with E-state index in [1.54, 1.807) is 54.6 Å². The lowest BCUT2D eigenvalue weighted by molar-refractivity contribution is -0.145. The molecule has 0 saturated heterocycles. The molecule has 2 bridgehead atoms. The molecule has 0 radical (unpaired) electrons. The summed E-state index contributed by atoms with van der Waals surface area (Å²) >= 11 is 0. The molecule has 0 aromatic heterocycles. The highest BCUT2D eigenvalue weighted by atomic mass is 16.4. The Labute approximate surface area is 353 Å². The molecule has 314 valence electrons. The number of ketones is 1. The number of aliphatic hydroxyl groups excluding tert-OH is 2. The molecule has 13 heteroatoms. The number of carbonyl (C=O) groups excluding carboxylic acids is 5. The molecule has 2 heterocycles. The average Bonchev–Trinajstić information content (AvgIpc) is 3.26. The van der Waals surface area contributed by atoms with Crippen LogP contribution in [0.25, 0.3) is 11.1 Å². The number of rotatable bonds is 8. The first-order valence-electron chi connectivity index (χ1n) is 20.0. The third-order valence-electron chi connectivity index (χ3n) is 10.7. The van der Waals surface area contributed by atoms with Gasteiger partial charge >= 0.3 is 5.97 Å². The second-order valence-corrected chi connectivity index (χ2v) is 15.3. The standard InChI is InChI=1S/C48H48N4O9/c1-29-12-14-32(15-13-29)26-40-45(57)51-39(27-33-16-20-35(21-17-33)34-10-6-3-7-11-34)44(56)50-38(25-30-8-4-2-5-9-30)41(53)28-36(48(60)61)24-31-18-22-37(23-19-31)49-46(58)42(54)43(55)47(59)52-40/h2-23,36,38-40,42-43,54-55H,24-28H2,1H3,(H,49,58)(H,50,56)(H,51,57)(H,52,59)(H,60,61)/t36-,38-,39+,40-,42-,43-/m1/s1. The van der Waals surface area contributed by atoms with Gasteiger partial charge in [0, 0.05) is 24.9 Å². The predicted molar refractivity (Wildman–Crippen MR) is 228 cm³/mol. The van der Waals surface area contributed by atoms with Gasteiger partial charge in [-0.25, -0.2) is 0 Å². The first-order valence-corrected chi connectivity index (χ1v) is 20.0. The Morgan fingerprint density at radius 1 is 0.525 bits per heavy atom. The first-order chi connectivity index (χ1) is 29.3. The zero-order valence-corrected chi connectivity index (χ0v) is 33.5. The molecule has 7 N–H and O–H groups in total. The van der Waals surface area contributed by atoms with E-state index < -0.39 is 78.1 Å². The summed E-state index contributed by atoms with van der Waals surface area (Å²) in [6.07, 6.45) is -5.18. The number of fused-ring (bicyclic) bond motifs is 18. The molecule has 0 saturated carbocycles. The highest BCUT2D eigenvalue weighted by Gasteiger charge is 2.36. The number of nitrogens with one attached hydrogen (secondary N) is 4. The molecular formula is C48H48N4O9. The number of aliphatic hydroxyl groups is 2. The van der Waals surface area contributed by atoms with E-state index in [9.17, 15) is 44.1 Å². The van der Waals surface area contributed by atoms with Gasteiger partial charge in [0.15, 0.2) is 18.0 Å². The van der Waals surface area contributed by atoms with Gasteiger partial charge < -0.3 is 36.6 Å². The van der Waals surface area contributed by atoms with Crippen molar-refractivity contribution in [1.29, 1.82) is 0 Å². The maximum absolute atomic E-state index is 14.5. The Bertz CT molecular complexity index is 2320. The maximum Gasteiger partial charge on any atom is 0.307 e. The fourth-order valence-corrected chi connectivity index (χ4v) is 7.12. The van der Waals surface area contributed by atoms with Crippen LogP contribution in [0.3, 0.4) is 0 Å². The maximum atomic E-state index is 14.5. The quantitative estimate of drug-likeness (QED) is 0.114. The zero-order valence-electron chi connectivity index (χ0n) is 33.5. The molecule has 2 aliphatic heterocycles. The number of carboxylic acids is 1. The van der Waals surface area contributed by atoms with Crippen molar-refractivity contribution >= 4 is 41.1 Å². The van der Waals surface area contributed by atoms with Crippen LogP contribution in [0.2, 0.25) is 0 Å². The van der Waals surface area contributed by atoms with E-state index in [1.807, 2.05) is 73.7 Å². The molecule has 13 nitrogen and oxygen atoms in total. The van der Waals surface area contributed by atoms with E-state index in [-0.39, 0.29) is 31.4 Å². The van der Waals surface area contributed by atoms with Crippen molar-refractivity contribution in [2.75, 3.05) is 5.32 Å². The van der Waals surface area contributed by atoms with Crippen molar-refractivity contribution in [2.24, 2.45) is 5.92 Å². The largest absolute Gasteiger partial charge is 0.481 e. The molecule has 5 aromatic rings. The summed E-state index contributed by atoms with van der Waals surface area (Å²) in [5, 5.41) is 42.3. The van der Waals surface area contributed by atoms with E-state index in [0.29, 0.717) is 22.3 Å². The fourth-order valence-electron chi connectivity index (χ4n) is 7.12. The highest BCUT2D eigenvalue weighted by molar-refractivity contribution is 6.00. The normalized spacial score (nSPS) is 21.9. The lowest BCUT2D eigenvalue weighted by atomic mass is 9.90. The fraction of sp³-hybridized carbons (Fsp3) is 0.250. The average molecular weight is 825 g/mol. The highest BCUT2D eigenvalue weighted by Crippen LogP contribution is 2.22. The van der Waals surface area contributed by atoms with Crippen molar-refractivity contribution in [2.45, 2.75) is 69.4 Å². The van der Waals surface area contributed by atoms with Gasteiger partial charge in [0.05, 0.1) is 12.0 Å². The molecule has 0 unspecified atom stereocenters. The Kier molecular flexibility index (Phi) is 14.5. The van der Waals surface area contributed by atoms with Crippen LogP contribution >= 0.6 is 0 Å². The number of carbonyl (C=O) groups is 6. The van der Waals surface area contributed by atoms with Crippen molar-refractivity contribution < 1.29 is 44.1 Å². The summed E-state index contributed by atoms with van der Waals surface area (Å²) < 4.78 is 0. The third kappa shape index (κ3) is 12.1. The summed E-state index contributed by atoms with van der Waals surface area (Å²) in [4.78, 5) is 82.0. The second-order valence-electron chi connectivity index (χ2n) is 15.3. The summed E-state index contributed by atoms with van der Waals surface area (Å²) in [7, 11) is 0. The number of aryl methyl sites for hydroxylation is 1. The SMILES string of the molecule is Cc1ccc(C[C@H]2NC(=O)[C@H](O)[C@@H](O)C(=O)Nc3ccc(cc3)C[C@@H](C(=O)O)CC(=O)[C@@H](Cc3ccccc3)NC(=O)[C@H](Cc3ccc(-c4ccccc4)cc3)NC2=O)cc1. The van der Waals surface area contributed by atoms with Crippen LogP contribution < -0.4 is 21.3 Å². The van der Waals surface area contributed by atoms with Crippen molar-refractivity contribution in [1.82, 2.24) is 16.0 Å². The molecule has 6 atom stereocenters. The van der Waals surface area contributed by atoms with E-state index in [4.69, 9.17) is 0 Å². The van der Waals surface area contributed by atoms with Crippen LogP contribution in [0.15, 0.2) is 133 Å². The van der Waals surface area contributed by atoms with Crippen LogP contribution in [-0.2, 0) is 54.5 Å². The van der Waals surface area contributed by atoms with Gasteiger partial charge in [-0.3, -0.25) is 28.8 Å². The number of anilines is 1. The Morgan fingerprint density at radius 2 is 0.984 bits per heavy atom. The molecule has 0 fully saturated rings. The van der Waals surface area contributed by atoms with Gasteiger partial charge in [-0.2, -0.15) is 0 Å². The van der Waals surface area contributed by atoms with Gasteiger partial charge in [0.25, 0.3) is 11.8 Å². The molecule has 5 aromatic carbocycles. The number of benzene rings is 5. The number of carboxylic acid groups (broad SMARTS) is 1. The molecule has 7 rings (SSSR count). The lowest BCUT2D eigenvalue weighted by Gasteiger charge is -2.27. The molecule has 4 amide bonds. The second kappa shape index (κ2) is 20.3. The van der Waals surface area contributed by atoms with Gasteiger partial charge in [-0.05, 0) is 65.3 Å². The predicted octanol–water partition coefficient (Wildman–Crippen LogP) is 3.72. The van der Waals surface area contributed by atoms with Gasteiger partial charge in [0.1, 0.15) is 12.1 Å². The number of aliphatic carboxylic acids is 1. The molecular weight excluding hydrogens is 777 g/mol. The number of hydrogen-bond donors (Lipinski definition) is 7. The Balaban J connectivity index is 1.38. The zero-order chi connectivity index (χ0) is 43.5. The van der Waals surface area contributed by atoms with Gasteiger partial charge in [-0.15, -0.1) is 0 Å². The van der Waals surface area contributed by atoms with Crippen molar-refractivity contribution in [3.05, 3.63) is 161 Å². The Morgan fingerprint density at radius 3 is 1.56 bits per heavy atom. The molecule has 2 aliphatic rings. The van der Waals surface area contributed by atoms with Crippen LogP contribution in [0, 0.1) is 12.8 Å². The molecule has 0 aliphatic carbocycles. The van der Waals surface area contributed by atoms with Crippen LogP contribution in [-0.4, -0.2) is 81.0 Å². The summed E-state index contributed by atoms with van der Waals surface area (Å²) in [5.74, 6) is -6.86. The minimum Gasteiger partial charge on any atom is -0.481 e. The molecule has 0 spiro atoms.